The summed E-state index contributed by atoms with van der Waals surface area (Å²) in [6.07, 6.45) is 0. The van der Waals surface area contributed by atoms with E-state index in [-0.39, 0.29) is 0 Å². The Morgan fingerprint density at radius 1 is 0.875 bits per heavy atom. The van der Waals surface area contributed by atoms with Gasteiger partial charge in [0.05, 0.1) is 5.69 Å². The molecular formula is C18H13BrN4S. The Labute approximate surface area is 152 Å². The van der Waals surface area contributed by atoms with Crippen molar-refractivity contribution < 1.29 is 0 Å². The summed E-state index contributed by atoms with van der Waals surface area (Å²) in [5, 5.41) is 14.0. The smallest absolute Gasteiger partial charge is 0.187 e. The predicted molar refractivity (Wildman–Crippen MR) is 99.9 cm³/mol. The minimum Gasteiger partial charge on any atom is -0.187 e. The van der Waals surface area contributed by atoms with Crippen LogP contribution in [0.25, 0.3) is 16.9 Å². The lowest BCUT2D eigenvalue weighted by molar-refractivity contribution is 0.813. The Morgan fingerprint density at radius 2 is 1.67 bits per heavy atom. The van der Waals surface area contributed by atoms with Crippen molar-refractivity contribution in [3.05, 3.63) is 76.8 Å². The fourth-order valence-corrected chi connectivity index (χ4v) is 3.46. The molecule has 0 N–H and O–H groups in total. The van der Waals surface area contributed by atoms with Gasteiger partial charge in [-0.3, -0.25) is 0 Å². The molecule has 6 heteroatoms. The fraction of sp³-hybridized carbons (Fsp3) is 0.0556. The zero-order valence-electron chi connectivity index (χ0n) is 12.6. The Morgan fingerprint density at radius 3 is 2.46 bits per heavy atom. The second kappa shape index (κ2) is 6.75. The highest BCUT2D eigenvalue weighted by Gasteiger charge is 2.09. The maximum Gasteiger partial charge on any atom is 0.212 e. The van der Waals surface area contributed by atoms with Crippen molar-refractivity contribution in [2.24, 2.45) is 0 Å². The minimum absolute atomic E-state index is 0.756. The number of fused-ring (bicyclic) bond motifs is 1. The lowest BCUT2D eigenvalue weighted by Crippen LogP contribution is -1.96. The molecule has 4 aromatic rings. The molecular weight excluding hydrogens is 384 g/mol. The summed E-state index contributed by atoms with van der Waals surface area (Å²) in [6.45, 7) is 0. The second-order valence-corrected chi connectivity index (χ2v) is 7.11. The average molecular weight is 397 g/mol. The van der Waals surface area contributed by atoms with Crippen LogP contribution in [0.1, 0.15) is 5.56 Å². The highest BCUT2D eigenvalue weighted by molar-refractivity contribution is 9.10. The molecule has 24 heavy (non-hydrogen) atoms. The quantitative estimate of drug-likeness (QED) is 0.462. The van der Waals surface area contributed by atoms with Gasteiger partial charge >= 0.3 is 0 Å². The molecule has 2 heterocycles. The molecule has 0 saturated heterocycles. The van der Waals surface area contributed by atoms with Gasteiger partial charge in [0.25, 0.3) is 0 Å². The third kappa shape index (κ3) is 3.20. The predicted octanol–water partition coefficient (Wildman–Crippen LogP) is 4.85. The van der Waals surface area contributed by atoms with Crippen LogP contribution in [0.3, 0.4) is 0 Å². The molecule has 0 radical (unpaired) electrons. The van der Waals surface area contributed by atoms with E-state index in [1.807, 2.05) is 59.1 Å². The van der Waals surface area contributed by atoms with Crippen molar-refractivity contribution in [2.45, 2.75) is 10.9 Å². The largest absolute Gasteiger partial charge is 0.212 e. The van der Waals surface area contributed by atoms with Crippen molar-refractivity contribution in [3.8, 4) is 11.3 Å². The van der Waals surface area contributed by atoms with Crippen LogP contribution < -0.4 is 0 Å². The molecule has 2 aromatic carbocycles. The molecule has 118 valence electrons. The zero-order chi connectivity index (χ0) is 16.4. The first-order chi connectivity index (χ1) is 11.8. The standard InChI is InChI=1S/C18H13BrN4S/c19-15-8-6-14(7-9-15)16-10-11-17-20-21-18(23(17)22-16)24-12-13-4-2-1-3-5-13/h1-11H,12H2. The van der Waals surface area contributed by atoms with Gasteiger partial charge in [-0.05, 0) is 29.8 Å². The third-order valence-electron chi connectivity index (χ3n) is 3.58. The van der Waals surface area contributed by atoms with E-state index in [4.69, 9.17) is 5.10 Å². The number of rotatable bonds is 4. The summed E-state index contributed by atoms with van der Waals surface area (Å²) in [4.78, 5) is 0. The maximum atomic E-state index is 4.70. The number of hydrogen-bond acceptors (Lipinski definition) is 4. The lowest BCUT2D eigenvalue weighted by Gasteiger charge is -2.03. The van der Waals surface area contributed by atoms with E-state index in [1.165, 1.54) is 5.56 Å². The SMILES string of the molecule is Brc1ccc(-c2ccc3nnc(SCc4ccccc4)n3n2)cc1. The van der Waals surface area contributed by atoms with Gasteiger partial charge in [0.15, 0.2) is 5.65 Å². The molecule has 0 atom stereocenters. The summed E-state index contributed by atoms with van der Waals surface area (Å²) in [6, 6.07) is 22.3. The molecule has 0 spiro atoms. The Bertz CT molecular complexity index is 967. The van der Waals surface area contributed by atoms with Gasteiger partial charge in [-0.2, -0.15) is 9.61 Å². The maximum absolute atomic E-state index is 4.70. The van der Waals surface area contributed by atoms with E-state index in [0.717, 1.165) is 32.3 Å². The van der Waals surface area contributed by atoms with Gasteiger partial charge in [0.1, 0.15) is 0 Å². The second-order valence-electron chi connectivity index (χ2n) is 5.25. The summed E-state index contributed by atoms with van der Waals surface area (Å²) in [5.41, 5.74) is 3.97. The minimum atomic E-state index is 0.756. The number of hydrogen-bond donors (Lipinski definition) is 0. The van der Waals surface area contributed by atoms with Gasteiger partial charge < -0.3 is 0 Å². The summed E-state index contributed by atoms with van der Waals surface area (Å²) in [5.74, 6) is 0.839. The molecule has 0 unspecified atom stereocenters. The number of benzene rings is 2. The molecule has 0 fully saturated rings. The fourth-order valence-electron chi connectivity index (χ4n) is 2.36. The van der Waals surface area contributed by atoms with Gasteiger partial charge in [-0.1, -0.05) is 70.2 Å². The summed E-state index contributed by atoms with van der Waals surface area (Å²) >= 11 is 5.09. The zero-order valence-corrected chi connectivity index (χ0v) is 15.0. The molecule has 0 saturated carbocycles. The normalized spacial score (nSPS) is 11.0. The van der Waals surface area contributed by atoms with Crippen molar-refractivity contribution >= 4 is 33.3 Å². The third-order valence-corrected chi connectivity index (χ3v) is 5.10. The molecule has 2 aromatic heterocycles. The van der Waals surface area contributed by atoms with Gasteiger partial charge in [-0.15, -0.1) is 10.2 Å². The highest BCUT2D eigenvalue weighted by Crippen LogP contribution is 2.24. The van der Waals surface area contributed by atoms with Crippen molar-refractivity contribution in [3.63, 3.8) is 0 Å². The highest BCUT2D eigenvalue weighted by atomic mass is 79.9. The molecule has 0 bridgehead atoms. The molecule has 4 rings (SSSR count). The van der Waals surface area contributed by atoms with E-state index < -0.39 is 0 Å². The number of halogens is 1. The topological polar surface area (TPSA) is 43.1 Å². The monoisotopic (exact) mass is 396 g/mol. The molecule has 4 nitrogen and oxygen atoms in total. The van der Waals surface area contributed by atoms with Crippen molar-refractivity contribution in [1.29, 1.82) is 0 Å². The van der Waals surface area contributed by atoms with E-state index in [2.05, 4.69) is 38.3 Å². The van der Waals surface area contributed by atoms with Crippen LogP contribution in [-0.2, 0) is 5.75 Å². The number of aromatic nitrogens is 4. The average Bonchev–Trinajstić information content (AvgIpc) is 3.04. The number of nitrogens with zero attached hydrogens (tertiary/aromatic N) is 4. The molecule has 0 amide bonds. The molecule has 0 aliphatic rings. The van der Waals surface area contributed by atoms with Crippen molar-refractivity contribution in [2.75, 3.05) is 0 Å². The van der Waals surface area contributed by atoms with E-state index in [9.17, 15) is 0 Å². The lowest BCUT2D eigenvalue weighted by atomic mass is 10.1. The Kier molecular flexibility index (Phi) is 4.32. The first kappa shape index (κ1) is 15.4. The summed E-state index contributed by atoms with van der Waals surface area (Å²) in [7, 11) is 0. The molecule has 0 aliphatic carbocycles. The van der Waals surface area contributed by atoms with Gasteiger partial charge in [-0.25, -0.2) is 0 Å². The van der Waals surface area contributed by atoms with Gasteiger partial charge in [0.2, 0.25) is 5.16 Å². The summed E-state index contributed by atoms with van der Waals surface area (Å²) < 4.78 is 2.86. The van der Waals surface area contributed by atoms with Crippen LogP contribution in [0.4, 0.5) is 0 Å². The first-order valence-corrected chi connectivity index (χ1v) is 9.22. The van der Waals surface area contributed by atoms with Crippen LogP contribution in [0, 0.1) is 0 Å². The van der Waals surface area contributed by atoms with E-state index in [0.29, 0.717) is 0 Å². The van der Waals surface area contributed by atoms with Crippen LogP contribution in [0.2, 0.25) is 0 Å². The van der Waals surface area contributed by atoms with Crippen LogP contribution in [0.15, 0.2) is 76.4 Å². The Hall–Kier alpha value is -2.18. The first-order valence-electron chi connectivity index (χ1n) is 7.45. The van der Waals surface area contributed by atoms with E-state index >= 15 is 0 Å². The number of thioether (sulfide) groups is 1. The van der Waals surface area contributed by atoms with Crippen molar-refractivity contribution in [1.82, 2.24) is 19.8 Å². The van der Waals surface area contributed by atoms with Crippen LogP contribution in [-0.4, -0.2) is 19.8 Å². The van der Waals surface area contributed by atoms with Gasteiger partial charge in [0, 0.05) is 15.8 Å². The van der Waals surface area contributed by atoms with Crippen LogP contribution >= 0.6 is 27.7 Å². The van der Waals surface area contributed by atoms with Crippen LogP contribution in [0.5, 0.6) is 0 Å². The van der Waals surface area contributed by atoms with E-state index in [1.54, 1.807) is 11.8 Å². The molecule has 0 aliphatic heterocycles. The Balaban J connectivity index is 1.64.